The predicted molar refractivity (Wildman–Crippen MR) is 131 cm³/mol. The number of carbonyl (C=O) groups is 1. The predicted octanol–water partition coefficient (Wildman–Crippen LogP) is 6.64. The minimum atomic E-state index is -5.32. The molecule has 40 heavy (non-hydrogen) atoms. The zero-order chi connectivity index (χ0) is 29.1. The van der Waals surface area contributed by atoms with Gasteiger partial charge in [0, 0.05) is 5.70 Å². The van der Waals surface area contributed by atoms with Crippen LogP contribution in [0.3, 0.4) is 0 Å². The molecule has 2 aromatic rings. The first-order valence-electron chi connectivity index (χ1n) is 12.5. The van der Waals surface area contributed by atoms with Crippen molar-refractivity contribution < 1.29 is 45.4 Å². The lowest BCUT2D eigenvalue weighted by atomic mass is 9.67. The summed E-state index contributed by atoms with van der Waals surface area (Å²) in [6.45, 7) is 1.39. The molecule has 6 rings (SSSR count). The highest BCUT2D eigenvalue weighted by atomic mass is 19.4. The summed E-state index contributed by atoms with van der Waals surface area (Å²) in [5, 5.41) is 10.5. The summed E-state index contributed by atoms with van der Waals surface area (Å²) in [6.07, 6.45) is -8.04. The van der Waals surface area contributed by atoms with Crippen molar-refractivity contribution in [2.75, 3.05) is 6.54 Å². The quantitative estimate of drug-likeness (QED) is 0.422. The summed E-state index contributed by atoms with van der Waals surface area (Å²) in [7, 11) is 0. The molecule has 0 radical (unpaired) electrons. The number of alkyl halides is 7. The van der Waals surface area contributed by atoms with Gasteiger partial charge in [0.05, 0.1) is 18.0 Å². The van der Waals surface area contributed by atoms with E-state index in [2.05, 4.69) is 0 Å². The normalized spacial score (nSPS) is 27.2. The van der Waals surface area contributed by atoms with Crippen LogP contribution in [0, 0.1) is 0 Å². The number of amides is 1. The van der Waals surface area contributed by atoms with E-state index in [1.165, 1.54) is 0 Å². The molecule has 4 aliphatic rings. The van der Waals surface area contributed by atoms with Crippen LogP contribution in [0.4, 0.5) is 30.7 Å². The SMILES string of the molecule is C[C@H](C(=O)N1C[C@@H](Oc2ccc(C(F)(F)F)cc2)CCC2=CC3=C[C@@](F)(C=C21)C3(O)C(F)(F)F)c1ccccc1. The van der Waals surface area contributed by atoms with Crippen molar-refractivity contribution in [1.82, 2.24) is 4.90 Å². The van der Waals surface area contributed by atoms with Gasteiger partial charge in [-0.25, -0.2) is 4.39 Å². The highest BCUT2D eigenvalue weighted by molar-refractivity contribution is 5.86. The Morgan fingerprint density at radius 2 is 1.68 bits per heavy atom. The summed E-state index contributed by atoms with van der Waals surface area (Å²) in [5.74, 6) is -1.22. The van der Waals surface area contributed by atoms with Crippen LogP contribution < -0.4 is 4.74 Å². The number of likely N-dealkylation sites (tertiary alicyclic amines) is 1. The number of aliphatic hydroxyl groups is 1. The lowest BCUT2D eigenvalue weighted by Crippen LogP contribution is -2.65. The highest BCUT2D eigenvalue weighted by Gasteiger charge is 2.73. The molecule has 2 bridgehead atoms. The van der Waals surface area contributed by atoms with E-state index in [9.17, 15) is 36.2 Å². The van der Waals surface area contributed by atoms with Gasteiger partial charge in [0.15, 0.2) is 5.67 Å². The Bertz CT molecular complexity index is 1400. The average molecular weight is 568 g/mol. The van der Waals surface area contributed by atoms with E-state index >= 15 is 4.39 Å². The third-order valence-corrected chi connectivity index (χ3v) is 7.59. The van der Waals surface area contributed by atoms with Gasteiger partial charge in [-0.2, -0.15) is 26.3 Å². The number of ether oxygens (including phenoxy) is 1. The molecule has 0 aromatic heterocycles. The molecular formula is C29H24F7NO3. The van der Waals surface area contributed by atoms with E-state index in [1.54, 1.807) is 37.3 Å². The molecule has 4 atom stereocenters. The second-order valence-corrected chi connectivity index (χ2v) is 10.2. The molecular weight excluding hydrogens is 543 g/mol. The average Bonchev–Trinajstić information content (AvgIpc) is 3.20. The number of hydrogen-bond acceptors (Lipinski definition) is 3. The highest BCUT2D eigenvalue weighted by Crippen LogP contribution is 2.58. The van der Waals surface area contributed by atoms with Crippen LogP contribution >= 0.6 is 0 Å². The van der Waals surface area contributed by atoms with Crippen molar-refractivity contribution in [2.24, 2.45) is 0 Å². The largest absolute Gasteiger partial charge is 0.489 e. The van der Waals surface area contributed by atoms with Crippen LogP contribution in [0.2, 0.25) is 0 Å². The molecule has 1 unspecified atom stereocenters. The lowest BCUT2D eigenvalue weighted by molar-refractivity contribution is -0.279. The van der Waals surface area contributed by atoms with Gasteiger partial charge in [0.25, 0.3) is 0 Å². The Morgan fingerprint density at radius 1 is 1.02 bits per heavy atom. The molecule has 212 valence electrons. The Morgan fingerprint density at radius 3 is 2.27 bits per heavy atom. The summed E-state index contributed by atoms with van der Waals surface area (Å²) in [4.78, 5) is 15.0. The molecule has 1 fully saturated rings. The van der Waals surface area contributed by atoms with E-state index in [-0.39, 0.29) is 36.4 Å². The maximum Gasteiger partial charge on any atom is 0.425 e. The van der Waals surface area contributed by atoms with Crippen molar-refractivity contribution in [3.63, 3.8) is 0 Å². The van der Waals surface area contributed by atoms with Crippen LogP contribution in [0.1, 0.15) is 36.8 Å². The van der Waals surface area contributed by atoms with Crippen molar-refractivity contribution in [3.05, 3.63) is 101 Å². The van der Waals surface area contributed by atoms with Crippen LogP contribution in [0.5, 0.6) is 5.75 Å². The molecule has 0 saturated carbocycles. The van der Waals surface area contributed by atoms with Gasteiger partial charge < -0.3 is 14.7 Å². The number of hydrogen-bond donors (Lipinski definition) is 1. The molecule has 1 heterocycles. The first-order chi connectivity index (χ1) is 18.6. The lowest BCUT2D eigenvalue weighted by Gasteiger charge is -2.46. The minimum Gasteiger partial charge on any atom is -0.489 e. The molecule has 0 spiro atoms. The Balaban J connectivity index is 1.51. The fraction of sp³-hybridized carbons (Fsp3) is 0.345. The second-order valence-electron chi connectivity index (χ2n) is 10.2. The van der Waals surface area contributed by atoms with Gasteiger partial charge in [0.1, 0.15) is 11.9 Å². The van der Waals surface area contributed by atoms with Gasteiger partial charge in [-0.1, -0.05) is 36.4 Å². The topological polar surface area (TPSA) is 49.8 Å². The Hall–Kier alpha value is -3.60. The van der Waals surface area contributed by atoms with Crippen molar-refractivity contribution in [1.29, 1.82) is 0 Å². The van der Waals surface area contributed by atoms with Crippen LogP contribution in [-0.2, 0) is 11.0 Å². The molecule has 1 saturated heterocycles. The monoisotopic (exact) mass is 567 g/mol. The number of allylic oxidation sites excluding steroid dienone is 1. The van der Waals surface area contributed by atoms with Gasteiger partial charge in [-0.05, 0) is 72.9 Å². The fourth-order valence-electron chi connectivity index (χ4n) is 5.30. The standard InChI is InChI=1S/C29H24F7NO3/c1-17(18-5-3-2-4-6-18)25(38)37-16-23(40-22-11-8-20(9-12-22)28(31,32)33)10-7-19-13-21-14-26(30,15-24(19)37)27(21,39)29(34,35)36/h2-6,8-9,11-15,17,23,39H,7,10,16H2,1H3/t17-,23-,26+,27?/m0/s1. The van der Waals surface area contributed by atoms with E-state index in [1.807, 2.05) is 0 Å². The molecule has 4 nitrogen and oxygen atoms in total. The number of benzene rings is 2. The van der Waals surface area contributed by atoms with Crippen molar-refractivity contribution in [2.45, 2.75) is 55.4 Å². The zero-order valence-electron chi connectivity index (χ0n) is 21.1. The molecule has 1 amide bonds. The zero-order valence-corrected chi connectivity index (χ0v) is 21.1. The second kappa shape index (κ2) is 9.50. The summed E-state index contributed by atoms with van der Waals surface area (Å²) >= 11 is 0. The molecule has 1 aliphatic heterocycles. The number of nitrogens with zero attached hydrogens (tertiary/aromatic N) is 1. The van der Waals surface area contributed by atoms with Gasteiger partial charge in [-0.3, -0.25) is 4.79 Å². The van der Waals surface area contributed by atoms with Gasteiger partial charge in [0.2, 0.25) is 11.5 Å². The maximum absolute atomic E-state index is 15.8. The van der Waals surface area contributed by atoms with Gasteiger partial charge >= 0.3 is 12.4 Å². The molecule has 3 aliphatic carbocycles. The van der Waals surface area contributed by atoms with E-state index < -0.39 is 52.7 Å². The first kappa shape index (κ1) is 27.9. The number of rotatable bonds is 4. The van der Waals surface area contributed by atoms with E-state index in [0.29, 0.717) is 17.7 Å². The summed E-state index contributed by atoms with van der Waals surface area (Å²) in [6, 6.07) is 12.6. The third kappa shape index (κ3) is 4.59. The molecule has 1 N–H and O–H groups in total. The van der Waals surface area contributed by atoms with Gasteiger partial charge in [-0.15, -0.1) is 0 Å². The van der Waals surface area contributed by atoms with Crippen LogP contribution in [-0.4, -0.2) is 46.0 Å². The Labute approximate surface area is 225 Å². The third-order valence-electron chi connectivity index (χ3n) is 7.59. The molecule has 11 heteroatoms. The van der Waals surface area contributed by atoms with Crippen molar-refractivity contribution in [3.8, 4) is 5.75 Å². The number of halogens is 7. The number of carbonyl (C=O) groups excluding carboxylic acids is 1. The van der Waals surface area contributed by atoms with E-state index in [0.717, 1.165) is 35.2 Å². The molecule has 2 aromatic carbocycles. The van der Waals surface area contributed by atoms with Crippen molar-refractivity contribution >= 4 is 5.91 Å². The summed E-state index contributed by atoms with van der Waals surface area (Å²) in [5.41, 5.74) is -7.89. The van der Waals surface area contributed by atoms with Crippen LogP contribution in [0.15, 0.2) is 89.7 Å². The Kier molecular flexibility index (Phi) is 6.64. The van der Waals surface area contributed by atoms with E-state index in [4.69, 9.17) is 4.74 Å². The fourth-order valence-corrected chi connectivity index (χ4v) is 5.30. The minimum absolute atomic E-state index is 0.0575. The summed E-state index contributed by atoms with van der Waals surface area (Å²) < 4.78 is 102. The first-order valence-corrected chi connectivity index (χ1v) is 12.5. The maximum atomic E-state index is 15.8. The van der Waals surface area contributed by atoms with Crippen LogP contribution in [0.25, 0.3) is 0 Å². The smallest absolute Gasteiger partial charge is 0.425 e.